The van der Waals surface area contributed by atoms with E-state index in [9.17, 15) is 0 Å². The molecule has 0 saturated carbocycles. The number of thiazole rings is 1. The maximum Gasteiger partial charge on any atom is 0.113 e. The quantitative estimate of drug-likeness (QED) is 0.869. The fourth-order valence-corrected chi connectivity index (χ4v) is 4.27. The van der Waals surface area contributed by atoms with E-state index >= 15 is 0 Å². The van der Waals surface area contributed by atoms with E-state index < -0.39 is 0 Å². The van der Waals surface area contributed by atoms with Gasteiger partial charge >= 0.3 is 0 Å². The van der Waals surface area contributed by atoms with Crippen molar-refractivity contribution in [3.05, 3.63) is 16.1 Å². The number of rotatable bonds is 6. The van der Waals surface area contributed by atoms with E-state index in [1.165, 1.54) is 49.6 Å². The minimum atomic E-state index is 0.122. The molecule has 0 amide bonds. The molecule has 1 saturated heterocycles. The van der Waals surface area contributed by atoms with Crippen molar-refractivity contribution in [3.63, 3.8) is 0 Å². The highest BCUT2D eigenvalue weighted by Gasteiger charge is 2.37. The Bertz CT molecular complexity index is 406. The van der Waals surface area contributed by atoms with E-state index in [-0.39, 0.29) is 5.54 Å². The van der Waals surface area contributed by atoms with Gasteiger partial charge in [0.2, 0.25) is 0 Å². The van der Waals surface area contributed by atoms with Gasteiger partial charge in [0.25, 0.3) is 0 Å². The van der Waals surface area contributed by atoms with Gasteiger partial charge < -0.3 is 10.2 Å². The van der Waals surface area contributed by atoms with Crippen LogP contribution in [0, 0.1) is 0 Å². The molecule has 1 aromatic rings. The Morgan fingerprint density at radius 1 is 1.35 bits per heavy atom. The van der Waals surface area contributed by atoms with Crippen molar-refractivity contribution in [2.24, 2.45) is 0 Å². The SMILES string of the molecule is CCCN1CCC(NCC)(c2nc(C(C)C)cs2)CC1. The lowest BCUT2D eigenvalue weighted by molar-refractivity contribution is 0.135. The lowest BCUT2D eigenvalue weighted by Crippen LogP contribution is -2.51. The topological polar surface area (TPSA) is 28.2 Å². The molecule has 0 aromatic carbocycles. The third-order valence-electron chi connectivity index (χ3n) is 4.29. The molecule has 3 nitrogen and oxygen atoms in total. The predicted octanol–water partition coefficient (Wildman–Crippen LogP) is 3.58. The molecule has 1 aliphatic heterocycles. The van der Waals surface area contributed by atoms with Gasteiger partial charge in [0.1, 0.15) is 5.01 Å². The van der Waals surface area contributed by atoms with E-state index in [1.54, 1.807) is 0 Å². The zero-order chi connectivity index (χ0) is 14.6. The third-order valence-corrected chi connectivity index (χ3v) is 5.35. The molecule has 1 fully saturated rings. The first kappa shape index (κ1) is 15.9. The summed E-state index contributed by atoms with van der Waals surface area (Å²) in [6.07, 6.45) is 3.63. The number of likely N-dealkylation sites (tertiary alicyclic amines) is 1. The minimum Gasteiger partial charge on any atom is -0.306 e. The van der Waals surface area contributed by atoms with Gasteiger partial charge in [0, 0.05) is 18.5 Å². The van der Waals surface area contributed by atoms with Crippen LogP contribution in [0.3, 0.4) is 0 Å². The van der Waals surface area contributed by atoms with Crippen LogP contribution in [0.1, 0.15) is 63.6 Å². The summed E-state index contributed by atoms with van der Waals surface area (Å²) in [6, 6.07) is 0. The largest absolute Gasteiger partial charge is 0.306 e. The fourth-order valence-electron chi connectivity index (χ4n) is 3.05. The highest BCUT2D eigenvalue weighted by atomic mass is 32.1. The molecule has 2 rings (SSSR count). The van der Waals surface area contributed by atoms with Gasteiger partial charge in [-0.05, 0) is 38.3 Å². The Labute approximate surface area is 127 Å². The molecule has 1 aliphatic rings. The molecular formula is C16H29N3S. The number of nitrogens with zero attached hydrogens (tertiary/aromatic N) is 2. The number of piperidine rings is 1. The van der Waals surface area contributed by atoms with E-state index in [4.69, 9.17) is 4.98 Å². The molecule has 0 spiro atoms. The van der Waals surface area contributed by atoms with Crippen LogP contribution in [0.25, 0.3) is 0 Å². The van der Waals surface area contributed by atoms with Crippen LogP contribution >= 0.6 is 11.3 Å². The molecule has 0 bridgehead atoms. The second-order valence-corrected chi connectivity index (χ2v) is 7.04. The van der Waals surface area contributed by atoms with Gasteiger partial charge in [-0.3, -0.25) is 0 Å². The van der Waals surface area contributed by atoms with Crippen molar-refractivity contribution in [1.82, 2.24) is 15.2 Å². The van der Waals surface area contributed by atoms with Gasteiger partial charge in [-0.25, -0.2) is 4.98 Å². The summed E-state index contributed by atoms with van der Waals surface area (Å²) in [5.74, 6) is 0.527. The van der Waals surface area contributed by atoms with Gasteiger partial charge in [-0.15, -0.1) is 11.3 Å². The maximum absolute atomic E-state index is 4.93. The summed E-state index contributed by atoms with van der Waals surface area (Å²) in [4.78, 5) is 7.52. The monoisotopic (exact) mass is 295 g/mol. The lowest BCUT2D eigenvalue weighted by Gasteiger charge is -2.41. The van der Waals surface area contributed by atoms with Crippen LogP contribution in [0.4, 0.5) is 0 Å². The van der Waals surface area contributed by atoms with E-state index in [0.29, 0.717) is 5.92 Å². The van der Waals surface area contributed by atoms with Crippen LogP contribution < -0.4 is 5.32 Å². The van der Waals surface area contributed by atoms with Gasteiger partial charge in [0.15, 0.2) is 0 Å². The first-order valence-electron chi connectivity index (χ1n) is 8.04. The average molecular weight is 295 g/mol. The van der Waals surface area contributed by atoms with E-state index in [1.807, 2.05) is 11.3 Å². The summed E-state index contributed by atoms with van der Waals surface area (Å²) in [5, 5.41) is 7.30. The molecular weight excluding hydrogens is 266 g/mol. The highest BCUT2D eigenvalue weighted by molar-refractivity contribution is 7.09. The number of hydrogen-bond acceptors (Lipinski definition) is 4. The summed E-state index contributed by atoms with van der Waals surface area (Å²) in [6.45, 7) is 13.6. The Morgan fingerprint density at radius 3 is 2.55 bits per heavy atom. The lowest BCUT2D eigenvalue weighted by atomic mass is 9.87. The second kappa shape index (κ2) is 7.01. The van der Waals surface area contributed by atoms with Gasteiger partial charge in [-0.2, -0.15) is 0 Å². The molecule has 20 heavy (non-hydrogen) atoms. The fraction of sp³-hybridized carbons (Fsp3) is 0.812. The van der Waals surface area contributed by atoms with Crippen LogP contribution in [-0.4, -0.2) is 36.1 Å². The Hall–Kier alpha value is -0.450. The smallest absolute Gasteiger partial charge is 0.113 e. The summed E-state index contributed by atoms with van der Waals surface area (Å²) in [7, 11) is 0. The Morgan fingerprint density at radius 2 is 2.05 bits per heavy atom. The van der Waals surface area contributed by atoms with Crippen molar-refractivity contribution in [1.29, 1.82) is 0 Å². The zero-order valence-electron chi connectivity index (χ0n) is 13.4. The van der Waals surface area contributed by atoms with Crippen LogP contribution in [-0.2, 0) is 5.54 Å². The molecule has 1 N–H and O–H groups in total. The van der Waals surface area contributed by atoms with Gasteiger partial charge in [-0.1, -0.05) is 27.7 Å². The van der Waals surface area contributed by atoms with Crippen LogP contribution in [0.15, 0.2) is 5.38 Å². The molecule has 1 aromatic heterocycles. The molecule has 0 radical (unpaired) electrons. The third kappa shape index (κ3) is 3.41. The van der Waals surface area contributed by atoms with Crippen molar-refractivity contribution in [2.75, 3.05) is 26.2 Å². The first-order chi connectivity index (χ1) is 9.61. The first-order valence-corrected chi connectivity index (χ1v) is 8.92. The standard InChI is InChI=1S/C16H29N3S/c1-5-9-19-10-7-16(8-11-19,17-6-2)15-18-14(12-20-15)13(3)4/h12-13,17H,5-11H2,1-4H3. The summed E-state index contributed by atoms with van der Waals surface area (Å²) in [5.41, 5.74) is 1.37. The van der Waals surface area contributed by atoms with E-state index in [2.05, 4.69) is 43.3 Å². The molecule has 114 valence electrons. The molecule has 2 heterocycles. The Balaban J connectivity index is 2.13. The number of hydrogen-bond donors (Lipinski definition) is 1. The number of nitrogens with one attached hydrogen (secondary N) is 1. The van der Waals surface area contributed by atoms with E-state index in [0.717, 1.165) is 6.54 Å². The zero-order valence-corrected chi connectivity index (χ0v) is 14.2. The molecule has 0 unspecified atom stereocenters. The van der Waals surface area contributed by atoms with Crippen LogP contribution in [0.2, 0.25) is 0 Å². The molecule has 4 heteroatoms. The minimum absolute atomic E-state index is 0.122. The Kier molecular flexibility index (Phi) is 5.58. The van der Waals surface area contributed by atoms with Crippen molar-refractivity contribution < 1.29 is 0 Å². The summed E-state index contributed by atoms with van der Waals surface area (Å²) < 4.78 is 0. The second-order valence-electron chi connectivity index (χ2n) is 6.19. The number of aromatic nitrogens is 1. The maximum atomic E-state index is 4.93. The average Bonchev–Trinajstić information content (AvgIpc) is 2.92. The summed E-state index contributed by atoms with van der Waals surface area (Å²) >= 11 is 1.85. The van der Waals surface area contributed by atoms with Crippen molar-refractivity contribution >= 4 is 11.3 Å². The van der Waals surface area contributed by atoms with Crippen molar-refractivity contribution in [2.45, 2.75) is 58.4 Å². The highest BCUT2D eigenvalue weighted by Crippen LogP contribution is 2.35. The van der Waals surface area contributed by atoms with Crippen LogP contribution in [0.5, 0.6) is 0 Å². The molecule has 0 atom stereocenters. The predicted molar refractivity (Wildman–Crippen MR) is 87.5 cm³/mol. The van der Waals surface area contributed by atoms with Crippen molar-refractivity contribution in [3.8, 4) is 0 Å². The van der Waals surface area contributed by atoms with Gasteiger partial charge in [0.05, 0.1) is 11.2 Å². The normalized spacial score (nSPS) is 19.6. The molecule has 0 aliphatic carbocycles.